The number of urea groups is 1. The number of nitrogens with one attached hydrogen (secondary N) is 2. The molecule has 3 rings (SSSR count). The molecule has 0 radical (unpaired) electrons. The van der Waals surface area contributed by atoms with Gasteiger partial charge in [0.25, 0.3) is 0 Å². The Balaban J connectivity index is 1.51. The van der Waals surface area contributed by atoms with E-state index in [0.29, 0.717) is 18.8 Å². The van der Waals surface area contributed by atoms with Gasteiger partial charge in [0.05, 0.1) is 6.54 Å². The third-order valence-corrected chi connectivity index (χ3v) is 4.44. The van der Waals surface area contributed by atoms with Crippen molar-refractivity contribution in [3.05, 3.63) is 70.4 Å². The van der Waals surface area contributed by atoms with Crippen molar-refractivity contribution < 1.29 is 4.79 Å². The molecule has 6 heteroatoms. The lowest BCUT2D eigenvalue weighted by Crippen LogP contribution is -2.29. The Morgan fingerprint density at radius 1 is 1.23 bits per heavy atom. The molecule has 1 aliphatic rings. The van der Waals surface area contributed by atoms with Crippen LogP contribution in [0.5, 0.6) is 0 Å². The van der Waals surface area contributed by atoms with E-state index >= 15 is 0 Å². The minimum Gasteiger partial charge on any atom is -0.338 e. The fourth-order valence-electron chi connectivity index (χ4n) is 3.10. The maximum absolute atomic E-state index is 12.1. The predicted octanol–water partition coefficient (Wildman–Crippen LogP) is 3.30. The molecule has 26 heavy (non-hydrogen) atoms. The number of hydrogen-bond donors (Lipinski definition) is 2. The van der Waals surface area contributed by atoms with Gasteiger partial charge in [-0.3, -0.25) is 4.57 Å². The number of aromatic nitrogens is 2. The smallest absolute Gasteiger partial charge is 0.338 e. The van der Waals surface area contributed by atoms with Gasteiger partial charge in [0.15, 0.2) is 0 Å². The van der Waals surface area contributed by atoms with Crippen LogP contribution in [-0.2, 0) is 6.54 Å². The molecule has 0 fully saturated rings. The zero-order valence-electron chi connectivity index (χ0n) is 14.8. The summed E-state index contributed by atoms with van der Waals surface area (Å²) in [5.41, 5.74) is 2.78. The van der Waals surface area contributed by atoms with Crippen molar-refractivity contribution in [3.63, 3.8) is 0 Å². The lowest BCUT2D eigenvalue weighted by Gasteiger charge is -2.13. The monoisotopic (exact) mass is 352 g/mol. The first-order chi connectivity index (χ1) is 12.7. The average Bonchev–Trinajstić information content (AvgIpc) is 2.65. The third-order valence-electron chi connectivity index (χ3n) is 4.44. The molecule has 2 aromatic rings. The molecular formula is C20H24N4O2. The molecule has 1 heterocycles. The van der Waals surface area contributed by atoms with Gasteiger partial charge >= 0.3 is 11.7 Å². The summed E-state index contributed by atoms with van der Waals surface area (Å²) >= 11 is 0. The van der Waals surface area contributed by atoms with Crippen LogP contribution in [0.1, 0.15) is 37.7 Å². The van der Waals surface area contributed by atoms with Gasteiger partial charge in [-0.2, -0.15) is 0 Å². The molecule has 6 nitrogen and oxygen atoms in total. The fraction of sp³-hybridized carbons (Fsp3) is 0.350. The zero-order valence-corrected chi connectivity index (χ0v) is 14.8. The van der Waals surface area contributed by atoms with Crippen molar-refractivity contribution in [1.29, 1.82) is 0 Å². The average molecular weight is 352 g/mol. The number of carbonyl (C=O) groups is 1. The first kappa shape index (κ1) is 17.9. The molecule has 0 saturated heterocycles. The number of allylic oxidation sites excluding steroid dienone is 1. The molecule has 0 aliphatic heterocycles. The van der Waals surface area contributed by atoms with Gasteiger partial charge in [0, 0.05) is 24.6 Å². The lowest BCUT2D eigenvalue weighted by molar-refractivity contribution is 0.252. The molecule has 2 N–H and O–H groups in total. The number of hydrogen-bond acceptors (Lipinski definition) is 3. The van der Waals surface area contributed by atoms with E-state index < -0.39 is 0 Å². The topological polar surface area (TPSA) is 76.0 Å². The summed E-state index contributed by atoms with van der Waals surface area (Å²) in [5.74, 6) is 0. The minimum absolute atomic E-state index is 0.211. The van der Waals surface area contributed by atoms with Gasteiger partial charge in [-0.1, -0.05) is 23.8 Å². The molecule has 0 bridgehead atoms. The zero-order chi connectivity index (χ0) is 18.2. The van der Waals surface area contributed by atoms with E-state index in [0.717, 1.165) is 24.8 Å². The quantitative estimate of drug-likeness (QED) is 0.783. The molecule has 2 amide bonds. The molecule has 0 unspecified atom stereocenters. The summed E-state index contributed by atoms with van der Waals surface area (Å²) in [4.78, 5) is 27.5. The highest BCUT2D eigenvalue weighted by molar-refractivity contribution is 5.89. The molecule has 0 spiro atoms. The third kappa shape index (κ3) is 5.31. The molecule has 1 aromatic carbocycles. The van der Waals surface area contributed by atoms with Crippen LogP contribution in [0.3, 0.4) is 0 Å². The van der Waals surface area contributed by atoms with Crippen molar-refractivity contribution >= 4 is 11.7 Å². The molecular weight excluding hydrogens is 328 g/mol. The molecule has 0 saturated carbocycles. The molecule has 0 atom stereocenters. The number of benzene rings is 1. The van der Waals surface area contributed by atoms with E-state index in [1.807, 2.05) is 24.3 Å². The molecule has 1 aromatic heterocycles. The number of carbonyl (C=O) groups excluding carboxylic acids is 1. The van der Waals surface area contributed by atoms with Crippen LogP contribution in [0.2, 0.25) is 0 Å². The highest BCUT2D eigenvalue weighted by atomic mass is 16.2. The van der Waals surface area contributed by atoms with Crippen LogP contribution >= 0.6 is 0 Å². The molecule has 136 valence electrons. The number of amides is 2. The maximum Gasteiger partial charge on any atom is 0.347 e. The maximum atomic E-state index is 12.1. The Bertz CT molecular complexity index is 841. The SMILES string of the molecule is O=C(NCCC1=CCCCC1)Nc1cccc(Cn2cccnc2=O)c1. The highest BCUT2D eigenvalue weighted by Gasteiger charge is 2.06. The van der Waals surface area contributed by atoms with Gasteiger partial charge in [0.1, 0.15) is 0 Å². The second-order valence-electron chi connectivity index (χ2n) is 6.47. The number of rotatable bonds is 6. The second-order valence-corrected chi connectivity index (χ2v) is 6.47. The van der Waals surface area contributed by atoms with Gasteiger partial charge < -0.3 is 10.6 Å². The first-order valence-corrected chi connectivity index (χ1v) is 9.04. The van der Waals surface area contributed by atoms with Crippen LogP contribution in [0.25, 0.3) is 0 Å². The normalized spacial score (nSPS) is 13.8. The second kappa shape index (κ2) is 8.99. The van der Waals surface area contributed by atoms with Gasteiger partial charge in [-0.25, -0.2) is 14.6 Å². The van der Waals surface area contributed by atoms with Crippen molar-refractivity contribution in [3.8, 4) is 0 Å². The largest absolute Gasteiger partial charge is 0.347 e. The van der Waals surface area contributed by atoms with Crippen molar-refractivity contribution in [2.24, 2.45) is 0 Å². The van der Waals surface area contributed by atoms with Crippen LogP contribution in [0.4, 0.5) is 10.5 Å². The van der Waals surface area contributed by atoms with E-state index in [1.54, 1.807) is 12.3 Å². The van der Waals surface area contributed by atoms with Gasteiger partial charge in [0.2, 0.25) is 0 Å². The van der Waals surface area contributed by atoms with E-state index in [-0.39, 0.29) is 11.7 Å². The summed E-state index contributed by atoms with van der Waals surface area (Å²) in [7, 11) is 0. The highest BCUT2D eigenvalue weighted by Crippen LogP contribution is 2.19. The Kier molecular flexibility index (Phi) is 6.19. The van der Waals surface area contributed by atoms with Gasteiger partial charge in [-0.05, 0) is 55.9 Å². The van der Waals surface area contributed by atoms with Crippen molar-refractivity contribution in [2.75, 3.05) is 11.9 Å². The summed E-state index contributed by atoms with van der Waals surface area (Å²) in [5, 5.41) is 5.75. The van der Waals surface area contributed by atoms with Crippen molar-refractivity contribution in [2.45, 2.75) is 38.6 Å². The van der Waals surface area contributed by atoms with E-state index in [2.05, 4.69) is 21.7 Å². The Labute approximate surface area is 153 Å². The van der Waals surface area contributed by atoms with Crippen LogP contribution < -0.4 is 16.3 Å². The number of anilines is 1. The summed E-state index contributed by atoms with van der Waals surface area (Å²) in [6, 6.07) is 8.98. The van der Waals surface area contributed by atoms with E-state index in [9.17, 15) is 9.59 Å². The Morgan fingerprint density at radius 3 is 2.96 bits per heavy atom. The lowest BCUT2D eigenvalue weighted by atomic mass is 9.97. The first-order valence-electron chi connectivity index (χ1n) is 9.04. The van der Waals surface area contributed by atoms with Crippen LogP contribution in [0, 0.1) is 0 Å². The summed E-state index contributed by atoms with van der Waals surface area (Å²) < 4.78 is 1.52. The van der Waals surface area contributed by atoms with Crippen LogP contribution in [-0.4, -0.2) is 22.1 Å². The Hall–Kier alpha value is -2.89. The summed E-state index contributed by atoms with van der Waals surface area (Å²) in [6.07, 6.45) is 11.2. The molecule has 1 aliphatic carbocycles. The summed E-state index contributed by atoms with van der Waals surface area (Å²) in [6.45, 7) is 1.06. The minimum atomic E-state index is -0.291. The van der Waals surface area contributed by atoms with Gasteiger partial charge in [-0.15, -0.1) is 0 Å². The number of nitrogens with zero attached hydrogens (tertiary/aromatic N) is 2. The van der Waals surface area contributed by atoms with E-state index in [4.69, 9.17) is 0 Å². The standard InChI is InChI=1S/C20H24N4O2/c25-19(21-12-10-16-6-2-1-3-7-16)23-18-9-4-8-17(14-18)15-24-13-5-11-22-20(24)26/h4-6,8-9,11,13-14H,1-3,7,10,12,15H2,(H2,21,23,25). The fourth-order valence-corrected chi connectivity index (χ4v) is 3.10. The van der Waals surface area contributed by atoms with Crippen molar-refractivity contribution in [1.82, 2.24) is 14.9 Å². The Morgan fingerprint density at radius 2 is 2.15 bits per heavy atom. The van der Waals surface area contributed by atoms with Crippen LogP contribution in [0.15, 0.2) is 59.2 Å². The van der Waals surface area contributed by atoms with E-state index in [1.165, 1.54) is 29.2 Å². The predicted molar refractivity (Wildman–Crippen MR) is 102 cm³/mol.